The van der Waals surface area contributed by atoms with E-state index in [0.29, 0.717) is 5.13 Å². The molecular weight excluding hydrogens is 320 g/mol. The van der Waals surface area contributed by atoms with Crippen molar-refractivity contribution in [3.8, 4) is 0 Å². The van der Waals surface area contributed by atoms with Gasteiger partial charge in [-0.15, -0.1) is 11.3 Å². The Kier molecular flexibility index (Phi) is 3.76. The van der Waals surface area contributed by atoms with Crippen molar-refractivity contribution in [2.24, 2.45) is 0 Å². The van der Waals surface area contributed by atoms with Gasteiger partial charge in [-0.3, -0.25) is 0 Å². The van der Waals surface area contributed by atoms with Crippen LogP contribution in [0.2, 0.25) is 5.02 Å². The predicted octanol–water partition coefficient (Wildman–Crippen LogP) is 4.60. The third-order valence-electron chi connectivity index (χ3n) is 2.67. The number of halogens is 2. The maximum atomic E-state index is 5.94. The molecule has 0 amide bonds. The van der Waals surface area contributed by atoms with E-state index in [9.17, 15) is 0 Å². The van der Waals surface area contributed by atoms with Crippen LogP contribution in [0.5, 0.6) is 0 Å². The molecule has 17 heavy (non-hydrogen) atoms. The summed E-state index contributed by atoms with van der Waals surface area (Å²) in [6.07, 6.45) is 0. The molecule has 0 aliphatic heterocycles. The van der Waals surface area contributed by atoms with E-state index in [1.165, 1.54) is 10.4 Å². The molecule has 2 N–H and O–H groups in total. The van der Waals surface area contributed by atoms with Crippen LogP contribution < -0.4 is 5.73 Å². The molecule has 0 bridgehead atoms. The quantitative estimate of drug-likeness (QED) is 0.873. The fourth-order valence-corrected chi connectivity index (χ4v) is 3.76. The van der Waals surface area contributed by atoms with Crippen LogP contribution >= 0.6 is 38.9 Å². The minimum atomic E-state index is 0.261. The Bertz CT molecular complexity index is 553. The number of nitrogen functional groups attached to an aromatic ring is 1. The standard InChI is InChI=1S/C12H12BrClN2S/c1-6(11-7(2)16-12(15)17-11)9-4-3-8(14)5-10(9)13/h3-6H,1-2H3,(H2,15,16). The van der Waals surface area contributed by atoms with Crippen molar-refractivity contribution in [1.82, 2.24) is 4.98 Å². The van der Waals surface area contributed by atoms with Crippen LogP contribution in [0.1, 0.15) is 29.0 Å². The number of aromatic nitrogens is 1. The molecular formula is C12H12BrClN2S. The summed E-state index contributed by atoms with van der Waals surface area (Å²) in [7, 11) is 0. The van der Waals surface area contributed by atoms with Gasteiger partial charge in [0.2, 0.25) is 0 Å². The molecule has 2 rings (SSSR count). The number of anilines is 1. The molecule has 1 unspecified atom stereocenters. The molecule has 0 aliphatic rings. The average molecular weight is 332 g/mol. The lowest BCUT2D eigenvalue weighted by atomic mass is 9.99. The van der Waals surface area contributed by atoms with Crippen molar-refractivity contribution in [2.75, 3.05) is 5.73 Å². The van der Waals surface area contributed by atoms with E-state index in [1.807, 2.05) is 25.1 Å². The maximum Gasteiger partial charge on any atom is 0.180 e. The number of benzene rings is 1. The lowest BCUT2D eigenvalue weighted by Gasteiger charge is -2.13. The predicted molar refractivity (Wildman–Crippen MR) is 77.9 cm³/mol. The second kappa shape index (κ2) is 4.96. The van der Waals surface area contributed by atoms with E-state index in [1.54, 1.807) is 11.3 Å². The zero-order valence-electron chi connectivity index (χ0n) is 9.50. The number of aryl methyl sites for hydroxylation is 1. The highest BCUT2D eigenvalue weighted by Gasteiger charge is 2.17. The highest BCUT2D eigenvalue weighted by Crippen LogP contribution is 2.36. The van der Waals surface area contributed by atoms with Crippen molar-refractivity contribution in [2.45, 2.75) is 19.8 Å². The summed E-state index contributed by atoms with van der Waals surface area (Å²) in [6, 6.07) is 5.84. The molecule has 0 saturated carbocycles. The Morgan fingerprint density at radius 2 is 2.18 bits per heavy atom. The molecule has 90 valence electrons. The third kappa shape index (κ3) is 2.64. The largest absolute Gasteiger partial charge is 0.375 e. The van der Waals surface area contributed by atoms with Crippen molar-refractivity contribution >= 4 is 44.0 Å². The van der Waals surface area contributed by atoms with E-state index >= 15 is 0 Å². The Morgan fingerprint density at radius 1 is 1.47 bits per heavy atom. The van der Waals surface area contributed by atoms with Crippen LogP contribution in [0.25, 0.3) is 0 Å². The molecule has 2 aromatic rings. The van der Waals surface area contributed by atoms with Crippen LogP contribution in [-0.4, -0.2) is 4.98 Å². The van der Waals surface area contributed by atoms with Gasteiger partial charge >= 0.3 is 0 Å². The van der Waals surface area contributed by atoms with Crippen LogP contribution in [0.3, 0.4) is 0 Å². The summed E-state index contributed by atoms with van der Waals surface area (Å²) in [5, 5.41) is 1.35. The van der Waals surface area contributed by atoms with Crippen LogP contribution in [0.15, 0.2) is 22.7 Å². The van der Waals surface area contributed by atoms with E-state index < -0.39 is 0 Å². The molecule has 1 atom stereocenters. The van der Waals surface area contributed by atoms with E-state index in [2.05, 4.69) is 27.8 Å². The summed E-state index contributed by atoms with van der Waals surface area (Å²) < 4.78 is 1.02. The van der Waals surface area contributed by atoms with Gasteiger partial charge in [-0.05, 0) is 24.6 Å². The minimum Gasteiger partial charge on any atom is -0.375 e. The molecule has 0 radical (unpaired) electrons. The summed E-state index contributed by atoms with van der Waals surface area (Å²) in [5.74, 6) is 0.261. The smallest absolute Gasteiger partial charge is 0.180 e. The van der Waals surface area contributed by atoms with Gasteiger partial charge in [0, 0.05) is 20.3 Å². The first-order chi connectivity index (χ1) is 7.99. The highest BCUT2D eigenvalue weighted by molar-refractivity contribution is 9.10. The lowest BCUT2D eigenvalue weighted by Crippen LogP contribution is -1.96. The Hall–Kier alpha value is -0.580. The number of thiazole rings is 1. The SMILES string of the molecule is Cc1nc(N)sc1C(C)c1ccc(Cl)cc1Br. The second-order valence-corrected chi connectivity index (χ2v) is 6.24. The molecule has 0 spiro atoms. The average Bonchev–Trinajstić information content (AvgIpc) is 2.57. The zero-order chi connectivity index (χ0) is 12.6. The highest BCUT2D eigenvalue weighted by atomic mass is 79.9. The first-order valence-electron chi connectivity index (χ1n) is 5.16. The number of rotatable bonds is 2. The van der Waals surface area contributed by atoms with Crippen molar-refractivity contribution in [1.29, 1.82) is 0 Å². The maximum absolute atomic E-state index is 5.94. The summed E-state index contributed by atoms with van der Waals surface area (Å²) >= 11 is 11.0. The number of nitrogens with zero attached hydrogens (tertiary/aromatic N) is 1. The minimum absolute atomic E-state index is 0.261. The van der Waals surface area contributed by atoms with Gasteiger partial charge in [-0.2, -0.15) is 0 Å². The molecule has 1 heterocycles. The topological polar surface area (TPSA) is 38.9 Å². The van der Waals surface area contributed by atoms with Gasteiger partial charge < -0.3 is 5.73 Å². The summed E-state index contributed by atoms with van der Waals surface area (Å²) in [5.41, 5.74) is 7.93. The van der Waals surface area contributed by atoms with E-state index in [-0.39, 0.29) is 5.92 Å². The second-order valence-electron chi connectivity index (χ2n) is 3.89. The van der Waals surface area contributed by atoms with Crippen LogP contribution in [-0.2, 0) is 0 Å². The normalized spacial score (nSPS) is 12.7. The number of nitrogens with two attached hydrogens (primary N) is 1. The fraction of sp³-hybridized carbons (Fsp3) is 0.250. The van der Waals surface area contributed by atoms with Gasteiger partial charge in [0.05, 0.1) is 5.69 Å². The third-order valence-corrected chi connectivity index (χ3v) is 4.76. The Balaban J connectivity index is 2.43. The summed E-state index contributed by atoms with van der Waals surface area (Å²) in [6.45, 7) is 4.14. The van der Waals surface area contributed by atoms with Gasteiger partial charge in [0.15, 0.2) is 5.13 Å². The lowest BCUT2D eigenvalue weighted by molar-refractivity contribution is 0.921. The molecule has 2 nitrogen and oxygen atoms in total. The Morgan fingerprint density at radius 3 is 2.71 bits per heavy atom. The molecule has 0 aliphatic carbocycles. The van der Waals surface area contributed by atoms with Gasteiger partial charge in [-0.1, -0.05) is 40.5 Å². The Labute approximate surface area is 118 Å². The molecule has 1 aromatic carbocycles. The van der Waals surface area contributed by atoms with Crippen molar-refractivity contribution < 1.29 is 0 Å². The van der Waals surface area contributed by atoms with Gasteiger partial charge in [0.25, 0.3) is 0 Å². The van der Waals surface area contributed by atoms with Crippen molar-refractivity contribution in [3.05, 3.63) is 43.8 Å². The number of hydrogen-bond donors (Lipinski definition) is 1. The molecule has 5 heteroatoms. The first-order valence-corrected chi connectivity index (χ1v) is 7.15. The first kappa shape index (κ1) is 12.9. The van der Waals surface area contributed by atoms with Gasteiger partial charge in [0.1, 0.15) is 0 Å². The van der Waals surface area contributed by atoms with Crippen LogP contribution in [0, 0.1) is 6.92 Å². The van der Waals surface area contributed by atoms with E-state index in [0.717, 1.165) is 15.2 Å². The van der Waals surface area contributed by atoms with Crippen molar-refractivity contribution in [3.63, 3.8) is 0 Å². The van der Waals surface area contributed by atoms with Crippen LogP contribution in [0.4, 0.5) is 5.13 Å². The van der Waals surface area contributed by atoms with E-state index in [4.69, 9.17) is 17.3 Å². The molecule has 1 aromatic heterocycles. The monoisotopic (exact) mass is 330 g/mol. The van der Waals surface area contributed by atoms with Gasteiger partial charge in [-0.25, -0.2) is 4.98 Å². The molecule has 0 saturated heterocycles. The number of hydrogen-bond acceptors (Lipinski definition) is 3. The fourth-order valence-electron chi connectivity index (χ4n) is 1.83. The summed E-state index contributed by atoms with van der Waals surface area (Å²) in [4.78, 5) is 5.46. The molecule has 0 fully saturated rings. The zero-order valence-corrected chi connectivity index (χ0v) is 12.7.